The molecule has 0 saturated heterocycles. The zero-order chi connectivity index (χ0) is 14.5. The van der Waals surface area contributed by atoms with Gasteiger partial charge in [-0.25, -0.2) is 9.37 Å². The Balaban J connectivity index is 2.05. The molecule has 0 radical (unpaired) electrons. The maximum absolute atomic E-state index is 13.4. The topological polar surface area (TPSA) is 76.1 Å². The van der Waals surface area contributed by atoms with E-state index in [2.05, 4.69) is 20.8 Å². The Kier molecular flexibility index (Phi) is 4.31. The first-order valence-corrected chi connectivity index (χ1v) is 5.86. The molecule has 2 rings (SSSR count). The molecule has 0 atom stereocenters. The summed E-state index contributed by atoms with van der Waals surface area (Å²) < 4.78 is 18.2. The van der Waals surface area contributed by atoms with Gasteiger partial charge >= 0.3 is 6.01 Å². The van der Waals surface area contributed by atoms with Gasteiger partial charge in [-0.05, 0) is 24.3 Å². The van der Waals surface area contributed by atoms with Crippen molar-refractivity contribution >= 4 is 23.3 Å². The molecule has 6 nitrogen and oxygen atoms in total. The van der Waals surface area contributed by atoms with Crippen molar-refractivity contribution in [2.24, 2.45) is 0 Å². The summed E-state index contributed by atoms with van der Waals surface area (Å²) in [5.74, 6) is -1.37. The van der Waals surface area contributed by atoms with E-state index in [4.69, 9.17) is 16.3 Å². The summed E-state index contributed by atoms with van der Waals surface area (Å²) >= 11 is 5.72. The van der Waals surface area contributed by atoms with Crippen molar-refractivity contribution in [3.05, 3.63) is 46.9 Å². The molecule has 20 heavy (non-hydrogen) atoms. The van der Waals surface area contributed by atoms with Crippen LogP contribution >= 0.6 is 11.6 Å². The van der Waals surface area contributed by atoms with Crippen LogP contribution in [0.5, 0.6) is 6.01 Å². The van der Waals surface area contributed by atoms with Gasteiger partial charge in [-0.3, -0.25) is 15.6 Å². The maximum atomic E-state index is 13.4. The lowest BCUT2D eigenvalue weighted by Gasteiger charge is -2.09. The van der Waals surface area contributed by atoms with Crippen molar-refractivity contribution < 1.29 is 13.9 Å². The Hall–Kier alpha value is -2.41. The van der Waals surface area contributed by atoms with Crippen LogP contribution in [0.2, 0.25) is 5.02 Å². The van der Waals surface area contributed by atoms with Crippen LogP contribution in [0.25, 0.3) is 0 Å². The predicted octanol–water partition coefficient (Wildman–Crippen LogP) is 2.03. The standard InChI is InChI=1S/C12H10ClFN4O2/c1-20-12-15-6-9(14)10(16-12)17-18-11(19)7-2-4-8(13)5-3-7/h2-6H,1H3,(H,18,19)(H,15,16,17). The number of halogens is 2. The number of carbonyl (C=O) groups is 1. The van der Waals surface area contributed by atoms with E-state index in [9.17, 15) is 9.18 Å². The minimum Gasteiger partial charge on any atom is -0.467 e. The quantitative estimate of drug-likeness (QED) is 0.844. The number of nitrogens with zero attached hydrogens (tertiary/aromatic N) is 2. The van der Waals surface area contributed by atoms with Gasteiger partial charge in [-0.15, -0.1) is 0 Å². The monoisotopic (exact) mass is 296 g/mol. The summed E-state index contributed by atoms with van der Waals surface area (Å²) in [4.78, 5) is 19.1. The number of hydrazine groups is 1. The van der Waals surface area contributed by atoms with Crippen molar-refractivity contribution in [1.29, 1.82) is 0 Å². The Morgan fingerprint density at radius 3 is 2.70 bits per heavy atom. The van der Waals surface area contributed by atoms with Crippen LogP contribution in [-0.4, -0.2) is 23.0 Å². The third-order valence-electron chi connectivity index (χ3n) is 2.31. The molecule has 0 aliphatic carbocycles. The maximum Gasteiger partial charge on any atom is 0.318 e. The number of carbonyl (C=O) groups excluding carboxylic acids is 1. The molecule has 1 heterocycles. The highest BCUT2D eigenvalue weighted by molar-refractivity contribution is 6.30. The van der Waals surface area contributed by atoms with Gasteiger partial charge in [-0.2, -0.15) is 4.98 Å². The summed E-state index contributed by atoms with van der Waals surface area (Å²) in [5.41, 5.74) is 5.04. The van der Waals surface area contributed by atoms with E-state index >= 15 is 0 Å². The largest absolute Gasteiger partial charge is 0.467 e. The molecule has 8 heteroatoms. The first-order chi connectivity index (χ1) is 9.60. The predicted molar refractivity (Wildman–Crippen MR) is 71.1 cm³/mol. The Morgan fingerprint density at radius 1 is 1.35 bits per heavy atom. The second kappa shape index (κ2) is 6.16. The SMILES string of the molecule is COc1ncc(F)c(NNC(=O)c2ccc(Cl)cc2)n1. The van der Waals surface area contributed by atoms with E-state index < -0.39 is 11.7 Å². The number of methoxy groups -OCH3 is 1. The van der Waals surface area contributed by atoms with Crippen LogP contribution in [0, 0.1) is 5.82 Å². The first-order valence-electron chi connectivity index (χ1n) is 5.48. The highest BCUT2D eigenvalue weighted by Crippen LogP contribution is 2.12. The molecule has 2 aromatic rings. The number of rotatable bonds is 4. The van der Waals surface area contributed by atoms with E-state index in [0.29, 0.717) is 10.6 Å². The second-order valence-corrected chi connectivity index (χ2v) is 4.08. The number of benzene rings is 1. The second-order valence-electron chi connectivity index (χ2n) is 3.64. The summed E-state index contributed by atoms with van der Waals surface area (Å²) in [6, 6.07) is 6.21. The number of hydrogen-bond donors (Lipinski definition) is 2. The molecule has 1 aromatic carbocycles. The van der Waals surface area contributed by atoms with Crippen LogP contribution in [0.15, 0.2) is 30.5 Å². The summed E-state index contributed by atoms with van der Waals surface area (Å²) in [5, 5.41) is 0.515. The highest BCUT2D eigenvalue weighted by Gasteiger charge is 2.09. The minimum absolute atomic E-state index is 0.0189. The molecule has 1 aromatic heterocycles. The lowest BCUT2D eigenvalue weighted by atomic mass is 10.2. The number of amides is 1. The zero-order valence-corrected chi connectivity index (χ0v) is 11.1. The molecule has 0 bridgehead atoms. The Morgan fingerprint density at radius 2 is 2.05 bits per heavy atom. The van der Waals surface area contributed by atoms with Gasteiger partial charge in [0.25, 0.3) is 5.91 Å². The van der Waals surface area contributed by atoms with Gasteiger partial charge in [-0.1, -0.05) is 11.6 Å². The summed E-state index contributed by atoms with van der Waals surface area (Å²) in [7, 11) is 1.35. The smallest absolute Gasteiger partial charge is 0.318 e. The Labute approximate surface area is 118 Å². The zero-order valence-electron chi connectivity index (χ0n) is 10.4. The molecule has 1 amide bonds. The molecule has 0 saturated carbocycles. The van der Waals surface area contributed by atoms with Crippen LogP contribution in [0.3, 0.4) is 0 Å². The summed E-state index contributed by atoms with van der Waals surface area (Å²) in [6.07, 6.45) is 0.933. The molecular weight excluding hydrogens is 287 g/mol. The Bertz CT molecular complexity index is 621. The van der Waals surface area contributed by atoms with E-state index in [1.165, 1.54) is 19.2 Å². The van der Waals surface area contributed by atoms with Crippen LogP contribution in [0.4, 0.5) is 10.2 Å². The van der Waals surface area contributed by atoms with Crippen molar-refractivity contribution in [3.8, 4) is 6.01 Å². The molecule has 2 N–H and O–H groups in total. The molecule has 0 spiro atoms. The van der Waals surface area contributed by atoms with E-state index in [0.717, 1.165) is 6.20 Å². The van der Waals surface area contributed by atoms with Crippen LogP contribution < -0.4 is 15.6 Å². The molecule has 0 unspecified atom stereocenters. The molecule has 104 valence electrons. The number of aromatic nitrogens is 2. The highest BCUT2D eigenvalue weighted by atomic mass is 35.5. The van der Waals surface area contributed by atoms with Gasteiger partial charge in [0.1, 0.15) is 0 Å². The fraction of sp³-hybridized carbons (Fsp3) is 0.0833. The van der Waals surface area contributed by atoms with Crippen molar-refractivity contribution in [2.75, 3.05) is 12.5 Å². The number of ether oxygens (including phenoxy) is 1. The fourth-order valence-electron chi connectivity index (χ4n) is 1.33. The van der Waals surface area contributed by atoms with Gasteiger partial charge in [0, 0.05) is 10.6 Å². The van der Waals surface area contributed by atoms with E-state index in [1.54, 1.807) is 12.1 Å². The van der Waals surface area contributed by atoms with E-state index in [-0.39, 0.29) is 11.8 Å². The molecule has 0 fully saturated rings. The fourth-order valence-corrected chi connectivity index (χ4v) is 1.45. The summed E-state index contributed by atoms with van der Waals surface area (Å²) in [6.45, 7) is 0. The molecule has 0 aliphatic heterocycles. The first kappa shape index (κ1) is 14.0. The van der Waals surface area contributed by atoms with Gasteiger partial charge in [0.2, 0.25) is 0 Å². The van der Waals surface area contributed by atoms with Crippen LogP contribution in [-0.2, 0) is 0 Å². The molecular formula is C12H10ClFN4O2. The molecule has 0 aliphatic rings. The van der Waals surface area contributed by atoms with Gasteiger partial charge < -0.3 is 4.74 Å². The van der Waals surface area contributed by atoms with Crippen LogP contribution in [0.1, 0.15) is 10.4 Å². The number of hydrogen-bond acceptors (Lipinski definition) is 5. The van der Waals surface area contributed by atoms with Gasteiger partial charge in [0.05, 0.1) is 13.3 Å². The third-order valence-corrected chi connectivity index (χ3v) is 2.56. The average Bonchev–Trinajstić information content (AvgIpc) is 2.47. The lowest BCUT2D eigenvalue weighted by molar-refractivity contribution is 0.0962. The van der Waals surface area contributed by atoms with Crippen molar-refractivity contribution in [1.82, 2.24) is 15.4 Å². The van der Waals surface area contributed by atoms with Crippen molar-refractivity contribution in [2.45, 2.75) is 0 Å². The lowest BCUT2D eigenvalue weighted by Crippen LogP contribution is -2.30. The van der Waals surface area contributed by atoms with Crippen molar-refractivity contribution in [3.63, 3.8) is 0 Å². The minimum atomic E-state index is -0.720. The average molecular weight is 297 g/mol. The normalized spacial score (nSPS) is 9.95. The number of nitrogens with one attached hydrogen (secondary N) is 2. The van der Waals surface area contributed by atoms with E-state index in [1.807, 2.05) is 0 Å². The number of anilines is 1. The third kappa shape index (κ3) is 3.33. The van der Waals surface area contributed by atoms with Gasteiger partial charge in [0.15, 0.2) is 11.6 Å².